The number of nitrogens with two attached hydrogens (primary N) is 1. The van der Waals surface area contributed by atoms with Gasteiger partial charge >= 0.3 is 0 Å². The van der Waals surface area contributed by atoms with Gasteiger partial charge in [-0.15, -0.1) is 0 Å². The monoisotopic (exact) mass is 262 g/mol. The summed E-state index contributed by atoms with van der Waals surface area (Å²) in [5, 5.41) is 12.4. The van der Waals surface area contributed by atoms with Crippen LogP contribution in [0, 0.1) is 19.8 Å². The second kappa shape index (κ2) is 5.61. The van der Waals surface area contributed by atoms with Gasteiger partial charge in [-0.2, -0.15) is 0 Å². The van der Waals surface area contributed by atoms with E-state index in [-0.39, 0.29) is 12.0 Å². The molecule has 0 saturated heterocycles. The van der Waals surface area contributed by atoms with E-state index in [2.05, 4.69) is 5.32 Å². The lowest BCUT2D eigenvalue weighted by Gasteiger charge is -2.13. The van der Waals surface area contributed by atoms with Crippen molar-refractivity contribution in [2.24, 2.45) is 5.92 Å². The molecule has 1 aliphatic carbocycles. The molecule has 1 fully saturated rings. The first-order valence-electron chi connectivity index (χ1n) is 6.80. The number of benzene rings is 1. The van der Waals surface area contributed by atoms with Crippen LogP contribution in [0.15, 0.2) is 12.1 Å². The smallest absolute Gasteiger partial charge is 0.251 e. The number of aryl methyl sites for hydroxylation is 2. The lowest BCUT2D eigenvalue weighted by atomic mass is 10.0. The molecule has 1 aromatic carbocycles. The third kappa shape index (κ3) is 3.26. The van der Waals surface area contributed by atoms with Gasteiger partial charge in [-0.25, -0.2) is 0 Å². The summed E-state index contributed by atoms with van der Waals surface area (Å²) < 4.78 is 0. The zero-order chi connectivity index (χ0) is 14.0. The Labute approximate surface area is 114 Å². The molecule has 1 saturated carbocycles. The Kier molecular flexibility index (Phi) is 4.10. The number of rotatable bonds is 3. The topological polar surface area (TPSA) is 75.3 Å². The normalized spacial score (nSPS) is 22.5. The zero-order valence-electron chi connectivity index (χ0n) is 11.6. The van der Waals surface area contributed by atoms with Gasteiger partial charge in [-0.05, 0) is 56.2 Å². The molecule has 0 radical (unpaired) electrons. The van der Waals surface area contributed by atoms with Gasteiger partial charge in [0.2, 0.25) is 0 Å². The highest BCUT2D eigenvalue weighted by Gasteiger charge is 2.23. The molecule has 1 amide bonds. The first-order valence-corrected chi connectivity index (χ1v) is 6.80. The number of hydrogen-bond acceptors (Lipinski definition) is 3. The molecule has 0 aromatic heterocycles. The lowest BCUT2D eigenvalue weighted by Crippen LogP contribution is -2.29. The van der Waals surface area contributed by atoms with Crippen LogP contribution in [-0.2, 0) is 0 Å². The molecule has 0 aliphatic heterocycles. The van der Waals surface area contributed by atoms with Crippen molar-refractivity contribution in [1.29, 1.82) is 0 Å². The summed E-state index contributed by atoms with van der Waals surface area (Å²) in [5.41, 5.74) is 9.07. The minimum atomic E-state index is -0.196. The van der Waals surface area contributed by atoms with Crippen LogP contribution in [-0.4, -0.2) is 23.7 Å². The Morgan fingerprint density at radius 1 is 1.37 bits per heavy atom. The minimum absolute atomic E-state index is 0.0782. The molecule has 2 atom stereocenters. The number of aliphatic hydroxyl groups is 1. The van der Waals surface area contributed by atoms with Crippen LogP contribution in [0.25, 0.3) is 0 Å². The second-order valence-electron chi connectivity index (χ2n) is 5.57. The van der Waals surface area contributed by atoms with E-state index in [1.54, 1.807) is 6.07 Å². The van der Waals surface area contributed by atoms with Crippen LogP contribution in [0.2, 0.25) is 0 Å². The van der Waals surface area contributed by atoms with Crippen molar-refractivity contribution < 1.29 is 9.90 Å². The molecule has 4 N–H and O–H groups in total. The molecular weight excluding hydrogens is 240 g/mol. The van der Waals surface area contributed by atoms with Crippen molar-refractivity contribution in [2.75, 3.05) is 12.3 Å². The predicted molar refractivity (Wildman–Crippen MR) is 76.0 cm³/mol. The second-order valence-corrected chi connectivity index (χ2v) is 5.57. The maximum atomic E-state index is 12.1. The van der Waals surface area contributed by atoms with Crippen molar-refractivity contribution in [3.8, 4) is 0 Å². The van der Waals surface area contributed by atoms with E-state index in [0.717, 1.165) is 30.4 Å². The van der Waals surface area contributed by atoms with Crippen LogP contribution < -0.4 is 11.1 Å². The van der Waals surface area contributed by atoms with E-state index in [4.69, 9.17) is 5.73 Å². The Balaban J connectivity index is 1.98. The summed E-state index contributed by atoms with van der Waals surface area (Å²) in [7, 11) is 0. The van der Waals surface area contributed by atoms with E-state index >= 15 is 0 Å². The Morgan fingerprint density at radius 3 is 2.74 bits per heavy atom. The highest BCUT2D eigenvalue weighted by Crippen LogP contribution is 2.25. The first kappa shape index (κ1) is 13.9. The molecule has 4 heteroatoms. The number of nitrogens with one attached hydrogen (secondary N) is 1. The average Bonchev–Trinajstić information content (AvgIpc) is 2.77. The average molecular weight is 262 g/mol. The number of carbonyl (C=O) groups excluding carboxylic acids is 1. The number of anilines is 1. The molecule has 19 heavy (non-hydrogen) atoms. The van der Waals surface area contributed by atoms with Gasteiger partial charge in [0.15, 0.2) is 0 Å². The quantitative estimate of drug-likeness (QED) is 0.727. The third-order valence-electron chi connectivity index (χ3n) is 3.92. The summed E-state index contributed by atoms with van der Waals surface area (Å²) in [6.07, 6.45) is 2.42. The largest absolute Gasteiger partial charge is 0.398 e. The Morgan fingerprint density at radius 2 is 2.11 bits per heavy atom. The van der Waals surface area contributed by atoms with Crippen LogP contribution in [0.5, 0.6) is 0 Å². The van der Waals surface area contributed by atoms with E-state index in [1.165, 1.54) is 0 Å². The summed E-state index contributed by atoms with van der Waals surface area (Å²) in [4.78, 5) is 12.1. The maximum absolute atomic E-state index is 12.1. The van der Waals surface area contributed by atoms with Gasteiger partial charge in [-0.3, -0.25) is 4.79 Å². The van der Waals surface area contributed by atoms with E-state index in [1.807, 2.05) is 19.9 Å². The SMILES string of the molecule is Cc1cc(C)c(C(=O)NCC2CCC(O)C2)cc1N. The molecule has 0 spiro atoms. The minimum Gasteiger partial charge on any atom is -0.398 e. The molecule has 4 nitrogen and oxygen atoms in total. The molecule has 0 heterocycles. The van der Waals surface area contributed by atoms with Gasteiger partial charge in [0.1, 0.15) is 0 Å². The van der Waals surface area contributed by atoms with E-state index in [9.17, 15) is 9.90 Å². The number of amides is 1. The van der Waals surface area contributed by atoms with Gasteiger partial charge in [0.05, 0.1) is 6.10 Å². The van der Waals surface area contributed by atoms with Gasteiger partial charge in [-0.1, -0.05) is 6.07 Å². The van der Waals surface area contributed by atoms with Crippen LogP contribution in [0.1, 0.15) is 40.7 Å². The van der Waals surface area contributed by atoms with Crippen LogP contribution >= 0.6 is 0 Å². The highest BCUT2D eigenvalue weighted by atomic mass is 16.3. The zero-order valence-corrected chi connectivity index (χ0v) is 11.6. The molecule has 2 unspecified atom stereocenters. The fourth-order valence-electron chi connectivity index (χ4n) is 2.68. The first-order chi connectivity index (χ1) is 8.97. The molecule has 2 rings (SSSR count). The van der Waals surface area contributed by atoms with E-state index in [0.29, 0.717) is 23.7 Å². The highest BCUT2D eigenvalue weighted by molar-refractivity contribution is 5.96. The molecular formula is C15H22N2O2. The van der Waals surface area contributed by atoms with Gasteiger partial charge in [0.25, 0.3) is 5.91 Å². The predicted octanol–water partition coefficient (Wildman–Crippen LogP) is 1.78. The van der Waals surface area contributed by atoms with Crippen LogP contribution in [0.4, 0.5) is 5.69 Å². The summed E-state index contributed by atoms with van der Waals surface area (Å²) in [6, 6.07) is 3.67. The molecule has 1 aromatic rings. The van der Waals surface area contributed by atoms with Crippen molar-refractivity contribution >= 4 is 11.6 Å². The summed E-state index contributed by atoms with van der Waals surface area (Å²) in [5.74, 6) is 0.313. The van der Waals surface area contributed by atoms with Crippen molar-refractivity contribution in [3.05, 3.63) is 28.8 Å². The van der Waals surface area contributed by atoms with Crippen LogP contribution in [0.3, 0.4) is 0 Å². The van der Waals surface area contributed by atoms with Gasteiger partial charge < -0.3 is 16.2 Å². The Bertz CT molecular complexity index is 485. The number of hydrogen-bond donors (Lipinski definition) is 3. The lowest BCUT2D eigenvalue weighted by molar-refractivity contribution is 0.0944. The Hall–Kier alpha value is -1.55. The summed E-state index contributed by atoms with van der Waals surface area (Å²) >= 11 is 0. The number of nitrogen functional groups attached to an aromatic ring is 1. The molecule has 1 aliphatic rings. The molecule has 0 bridgehead atoms. The van der Waals surface area contributed by atoms with Crippen molar-refractivity contribution in [2.45, 2.75) is 39.2 Å². The van der Waals surface area contributed by atoms with E-state index < -0.39 is 0 Å². The third-order valence-corrected chi connectivity index (χ3v) is 3.92. The van der Waals surface area contributed by atoms with Crippen molar-refractivity contribution in [3.63, 3.8) is 0 Å². The van der Waals surface area contributed by atoms with Gasteiger partial charge in [0, 0.05) is 17.8 Å². The van der Waals surface area contributed by atoms with Crippen molar-refractivity contribution in [1.82, 2.24) is 5.32 Å². The fourth-order valence-corrected chi connectivity index (χ4v) is 2.68. The fraction of sp³-hybridized carbons (Fsp3) is 0.533. The number of aliphatic hydroxyl groups excluding tert-OH is 1. The summed E-state index contributed by atoms with van der Waals surface area (Å²) in [6.45, 7) is 4.48. The molecule has 104 valence electrons. The number of carbonyl (C=O) groups is 1. The maximum Gasteiger partial charge on any atom is 0.251 e. The standard InChI is InChI=1S/C15H22N2O2/c1-9-5-10(2)14(16)7-13(9)15(19)17-8-11-3-4-12(18)6-11/h5,7,11-12,18H,3-4,6,8,16H2,1-2H3,(H,17,19).